The first kappa shape index (κ1) is 21.1. The second-order valence-electron chi connectivity index (χ2n) is 7.92. The number of amides is 1. The molecule has 1 N–H and O–H groups in total. The second kappa shape index (κ2) is 7.67. The normalized spacial score (nSPS) is 20.3. The summed E-state index contributed by atoms with van der Waals surface area (Å²) in [5, 5.41) is 3.80. The Balaban J connectivity index is 1.54. The molecular formula is C22H20ClF3N4O2. The fourth-order valence-corrected chi connectivity index (χ4v) is 4.72. The van der Waals surface area contributed by atoms with Gasteiger partial charge in [0, 0.05) is 18.7 Å². The van der Waals surface area contributed by atoms with Crippen molar-refractivity contribution in [1.29, 1.82) is 0 Å². The Hall–Kier alpha value is -2.78. The van der Waals surface area contributed by atoms with Gasteiger partial charge in [0.15, 0.2) is 0 Å². The van der Waals surface area contributed by atoms with Gasteiger partial charge in [0.25, 0.3) is 5.91 Å². The third kappa shape index (κ3) is 3.49. The summed E-state index contributed by atoms with van der Waals surface area (Å²) in [6.45, 7) is 3.93. The van der Waals surface area contributed by atoms with Crippen molar-refractivity contribution < 1.29 is 22.7 Å². The number of rotatable bonds is 4. The first-order valence-electron chi connectivity index (χ1n) is 10.4. The Labute approximate surface area is 186 Å². The average Bonchev–Trinajstić information content (AvgIpc) is 3.47. The number of carbonyl (C=O) groups excluding carboxylic acids is 1. The van der Waals surface area contributed by atoms with Crippen molar-refractivity contribution >= 4 is 28.5 Å². The van der Waals surface area contributed by atoms with Crippen LogP contribution in [0.5, 0.6) is 5.75 Å². The van der Waals surface area contributed by atoms with E-state index in [1.807, 2.05) is 11.9 Å². The third-order valence-electron chi connectivity index (χ3n) is 5.95. The number of nitrogens with one attached hydrogen (secondary N) is 1. The molecule has 0 unspecified atom stereocenters. The van der Waals surface area contributed by atoms with E-state index in [0.29, 0.717) is 29.3 Å². The number of aromatic nitrogens is 2. The van der Waals surface area contributed by atoms with E-state index in [1.54, 1.807) is 18.2 Å². The number of hydrazine groups is 1. The Kier molecular flexibility index (Phi) is 5.05. The van der Waals surface area contributed by atoms with Crippen molar-refractivity contribution in [3.63, 3.8) is 0 Å². The van der Waals surface area contributed by atoms with E-state index in [9.17, 15) is 18.0 Å². The van der Waals surface area contributed by atoms with E-state index in [-0.39, 0.29) is 28.0 Å². The summed E-state index contributed by atoms with van der Waals surface area (Å²) in [5.74, 6) is 0.653. The minimum atomic E-state index is -4.52. The van der Waals surface area contributed by atoms with E-state index in [1.165, 1.54) is 0 Å². The highest BCUT2D eigenvalue weighted by Crippen LogP contribution is 2.38. The van der Waals surface area contributed by atoms with E-state index < -0.39 is 11.7 Å². The number of piperidine rings is 1. The predicted octanol–water partition coefficient (Wildman–Crippen LogP) is 5.14. The number of ether oxygens (including phenoxy) is 1. The highest BCUT2D eigenvalue weighted by molar-refractivity contribution is 6.35. The number of imidazole rings is 1. The summed E-state index contributed by atoms with van der Waals surface area (Å²) in [5.41, 5.74) is 0.576. The summed E-state index contributed by atoms with van der Waals surface area (Å²) in [7, 11) is 0. The molecule has 168 valence electrons. The van der Waals surface area contributed by atoms with Gasteiger partial charge < -0.3 is 9.72 Å². The molecule has 1 amide bonds. The number of carbonyl (C=O) groups is 1. The van der Waals surface area contributed by atoms with E-state index >= 15 is 0 Å². The Bertz CT molecular complexity index is 1190. The summed E-state index contributed by atoms with van der Waals surface area (Å²) >= 11 is 6.07. The SMILES string of the molecule is CCOc1cc(C(=O)N2C3CCN2CC3)ccc1-c1nc2c(Cl)cc(C(F)(F)F)cc2[nH]1. The molecule has 2 saturated heterocycles. The average molecular weight is 465 g/mol. The van der Waals surface area contributed by atoms with Crippen LogP contribution in [0.4, 0.5) is 13.2 Å². The van der Waals surface area contributed by atoms with Gasteiger partial charge in [0.1, 0.15) is 17.1 Å². The fraction of sp³-hybridized carbons (Fsp3) is 0.364. The lowest BCUT2D eigenvalue weighted by Crippen LogP contribution is -2.38. The molecule has 2 fully saturated rings. The molecule has 2 aromatic carbocycles. The van der Waals surface area contributed by atoms with Crippen LogP contribution in [0, 0.1) is 0 Å². The molecule has 1 aromatic heterocycles. The summed E-state index contributed by atoms with van der Waals surface area (Å²) in [6, 6.07) is 7.12. The van der Waals surface area contributed by atoms with Crippen LogP contribution in [-0.4, -0.2) is 51.6 Å². The highest BCUT2D eigenvalue weighted by atomic mass is 35.5. The van der Waals surface area contributed by atoms with E-state index in [0.717, 1.165) is 38.1 Å². The molecule has 0 atom stereocenters. The molecule has 10 heteroatoms. The molecule has 3 heterocycles. The Morgan fingerprint density at radius 2 is 2.00 bits per heavy atom. The van der Waals surface area contributed by atoms with Gasteiger partial charge in [-0.1, -0.05) is 11.6 Å². The number of halogens is 4. The number of hydrogen-bond donors (Lipinski definition) is 1. The number of aromatic amines is 1. The Morgan fingerprint density at radius 3 is 2.62 bits per heavy atom. The van der Waals surface area contributed by atoms with Crippen molar-refractivity contribution in [2.24, 2.45) is 0 Å². The number of benzene rings is 2. The van der Waals surface area contributed by atoms with Gasteiger partial charge in [-0.25, -0.2) is 9.99 Å². The zero-order valence-electron chi connectivity index (χ0n) is 17.2. The fourth-order valence-electron chi connectivity index (χ4n) is 4.46. The van der Waals surface area contributed by atoms with Gasteiger partial charge >= 0.3 is 6.18 Å². The van der Waals surface area contributed by atoms with Crippen LogP contribution in [0.1, 0.15) is 35.7 Å². The molecule has 2 aliphatic heterocycles. The molecule has 6 nitrogen and oxygen atoms in total. The van der Waals surface area contributed by atoms with Crippen LogP contribution in [0.2, 0.25) is 5.02 Å². The van der Waals surface area contributed by atoms with Crippen molar-refractivity contribution in [3.8, 4) is 17.1 Å². The molecule has 0 aliphatic carbocycles. The molecule has 2 aliphatic rings. The van der Waals surface area contributed by atoms with Crippen LogP contribution < -0.4 is 4.74 Å². The number of nitrogens with zero attached hydrogens (tertiary/aromatic N) is 3. The molecule has 0 radical (unpaired) electrons. The molecule has 2 bridgehead atoms. The predicted molar refractivity (Wildman–Crippen MR) is 113 cm³/mol. The highest BCUT2D eigenvalue weighted by Gasteiger charge is 2.41. The van der Waals surface area contributed by atoms with Crippen molar-refractivity contribution in [1.82, 2.24) is 20.0 Å². The molecule has 0 spiro atoms. The smallest absolute Gasteiger partial charge is 0.416 e. The van der Waals surface area contributed by atoms with Gasteiger partial charge in [-0.15, -0.1) is 0 Å². The van der Waals surface area contributed by atoms with Gasteiger partial charge in [-0.2, -0.15) is 13.2 Å². The summed E-state index contributed by atoms with van der Waals surface area (Å²) in [4.78, 5) is 20.4. The number of alkyl halides is 3. The Morgan fingerprint density at radius 1 is 1.25 bits per heavy atom. The van der Waals surface area contributed by atoms with Crippen LogP contribution >= 0.6 is 11.6 Å². The maximum absolute atomic E-state index is 13.1. The standard InChI is InChI=1S/C22H20ClF3N4O2/c1-2-32-18-9-12(21(31)30-14-5-7-29(30)8-6-14)3-4-15(18)20-27-17-11-13(22(24,25)26)10-16(23)19(17)28-20/h3-4,9-11,14H,2,5-8H2,1H3,(H,27,28). The zero-order valence-corrected chi connectivity index (χ0v) is 17.9. The third-order valence-corrected chi connectivity index (χ3v) is 6.24. The van der Waals surface area contributed by atoms with Crippen molar-refractivity contribution in [2.75, 3.05) is 19.7 Å². The van der Waals surface area contributed by atoms with Crippen LogP contribution in [-0.2, 0) is 6.18 Å². The van der Waals surface area contributed by atoms with Gasteiger partial charge in [0.2, 0.25) is 0 Å². The summed E-state index contributed by atoms with van der Waals surface area (Å²) < 4.78 is 45.2. The van der Waals surface area contributed by atoms with E-state index in [4.69, 9.17) is 16.3 Å². The monoisotopic (exact) mass is 464 g/mol. The van der Waals surface area contributed by atoms with Gasteiger partial charge in [-0.05, 0) is 50.1 Å². The van der Waals surface area contributed by atoms with Crippen LogP contribution in [0.3, 0.4) is 0 Å². The van der Waals surface area contributed by atoms with Gasteiger partial charge in [-0.3, -0.25) is 9.80 Å². The minimum absolute atomic E-state index is 0.0834. The first-order valence-corrected chi connectivity index (χ1v) is 10.8. The first-order chi connectivity index (χ1) is 15.3. The number of H-pyrrole nitrogens is 1. The lowest BCUT2D eigenvalue weighted by molar-refractivity contribution is -0.137. The van der Waals surface area contributed by atoms with Gasteiger partial charge in [0.05, 0.1) is 34.3 Å². The molecule has 0 saturated carbocycles. The molecule has 5 rings (SSSR count). The topological polar surface area (TPSA) is 61.5 Å². The van der Waals surface area contributed by atoms with Crippen molar-refractivity contribution in [2.45, 2.75) is 32.0 Å². The minimum Gasteiger partial charge on any atom is -0.493 e. The molecule has 3 aromatic rings. The molecule has 32 heavy (non-hydrogen) atoms. The number of fused-ring (bicyclic) bond motifs is 3. The quantitative estimate of drug-likeness (QED) is 0.581. The lowest BCUT2D eigenvalue weighted by atomic mass is 10.1. The lowest BCUT2D eigenvalue weighted by Gasteiger charge is -2.24. The maximum Gasteiger partial charge on any atom is 0.416 e. The van der Waals surface area contributed by atoms with Crippen LogP contribution in [0.15, 0.2) is 30.3 Å². The summed E-state index contributed by atoms with van der Waals surface area (Å²) in [6.07, 6.45) is -2.57. The van der Waals surface area contributed by atoms with E-state index in [2.05, 4.69) is 15.0 Å². The maximum atomic E-state index is 13.1. The zero-order chi connectivity index (χ0) is 22.6. The molecular weight excluding hydrogens is 445 g/mol. The van der Waals surface area contributed by atoms with Crippen LogP contribution in [0.25, 0.3) is 22.4 Å². The van der Waals surface area contributed by atoms with Crippen molar-refractivity contribution in [3.05, 3.63) is 46.5 Å². The second-order valence-corrected chi connectivity index (χ2v) is 8.32. The number of hydrogen-bond acceptors (Lipinski definition) is 4. The largest absolute Gasteiger partial charge is 0.493 e.